The van der Waals surface area contributed by atoms with Crippen molar-refractivity contribution in [1.29, 1.82) is 0 Å². The van der Waals surface area contributed by atoms with Crippen molar-refractivity contribution in [2.24, 2.45) is 0 Å². The molecular formula is C25H22FN2O3P. The second-order valence-corrected chi connectivity index (χ2v) is 9.03. The molecule has 32 heavy (non-hydrogen) atoms. The monoisotopic (exact) mass is 448 g/mol. The van der Waals surface area contributed by atoms with Gasteiger partial charge in [-0.2, -0.15) is 0 Å². The third-order valence-electron chi connectivity index (χ3n) is 4.67. The largest absolute Gasteiger partial charge is 0.459 e. The molecule has 0 aliphatic heterocycles. The van der Waals surface area contributed by atoms with Crippen LogP contribution in [0.25, 0.3) is 0 Å². The summed E-state index contributed by atoms with van der Waals surface area (Å²) < 4.78 is 40.4. The maximum absolute atomic E-state index is 14.4. The standard InChI is InChI=1S/C25H22FN2O3P/c1-19-23(26)17-18-24(27-19)25(28-20-11-5-2-6-12-20)32(29,30-21-13-7-3-8-14-21)31-22-15-9-4-10-16-22/h2-18,25,28H,1H3/t25-/m1/s1. The van der Waals surface area contributed by atoms with Crippen LogP contribution < -0.4 is 14.4 Å². The fourth-order valence-corrected chi connectivity index (χ4v) is 4.96. The summed E-state index contributed by atoms with van der Waals surface area (Å²) in [6.45, 7) is 1.56. The lowest BCUT2D eigenvalue weighted by Gasteiger charge is -2.28. The summed E-state index contributed by atoms with van der Waals surface area (Å²) in [6.07, 6.45) is 0. The molecule has 7 heteroatoms. The number of nitrogens with one attached hydrogen (secondary N) is 1. The van der Waals surface area contributed by atoms with E-state index >= 15 is 0 Å². The Kier molecular flexibility index (Phi) is 6.52. The van der Waals surface area contributed by atoms with Crippen LogP contribution in [0.3, 0.4) is 0 Å². The molecule has 1 aromatic heterocycles. The lowest BCUT2D eigenvalue weighted by molar-refractivity contribution is 0.375. The van der Waals surface area contributed by atoms with Gasteiger partial charge in [0.2, 0.25) is 0 Å². The van der Waals surface area contributed by atoms with Crippen LogP contribution in [0, 0.1) is 12.7 Å². The van der Waals surface area contributed by atoms with Crippen LogP contribution in [-0.2, 0) is 4.57 Å². The molecule has 5 nitrogen and oxygen atoms in total. The summed E-state index contributed by atoms with van der Waals surface area (Å²) >= 11 is 0. The number of benzene rings is 3. The van der Waals surface area contributed by atoms with Crippen LogP contribution in [0.1, 0.15) is 17.2 Å². The highest BCUT2D eigenvalue weighted by molar-refractivity contribution is 7.55. The molecule has 0 amide bonds. The zero-order chi connectivity index (χ0) is 22.4. The fraction of sp³-hybridized carbons (Fsp3) is 0.0800. The molecule has 1 atom stereocenters. The number of nitrogens with zero attached hydrogens (tertiary/aromatic N) is 1. The molecule has 0 aliphatic rings. The van der Waals surface area contributed by atoms with Gasteiger partial charge in [0, 0.05) is 5.69 Å². The number of hydrogen-bond donors (Lipinski definition) is 1. The van der Waals surface area contributed by atoms with Crippen LogP contribution in [0.4, 0.5) is 10.1 Å². The molecule has 0 saturated heterocycles. The first kappa shape index (κ1) is 21.6. The Morgan fingerprint density at radius 1 is 0.781 bits per heavy atom. The Bertz CT molecular complexity index is 1160. The molecular weight excluding hydrogens is 426 g/mol. The highest BCUT2D eigenvalue weighted by Gasteiger charge is 2.42. The number of para-hydroxylation sites is 3. The van der Waals surface area contributed by atoms with Crippen molar-refractivity contribution in [3.05, 3.63) is 120 Å². The molecule has 4 aromatic rings. The third-order valence-corrected chi connectivity index (χ3v) is 6.62. The van der Waals surface area contributed by atoms with Crippen LogP contribution in [0.2, 0.25) is 0 Å². The number of halogens is 1. The Balaban J connectivity index is 1.82. The van der Waals surface area contributed by atoms with Gasteiger partial charge in [-0.25, -0.2) is 8.96 Å². The maximum atomic E-state index is 14.4. The molecule has 3 aromatic carbocycles. The lowest BCUT2D eigenvalue weighted by atomic mass is 10.2. The van der Waals surface area contributed by atoms with Crippen LogP contribution >= 0.6 is 7.60 Å². The molecule has 0 bridgehead atoms. The highest BCUT2D eigenvalue weighted by atomic mass is 31.2. The number of aryl methyl sites for hydroxylation is 1. The quantitative estimate of drug-likeness (QED) is 0.294. The average Bonchev–Trinajstić information content (AvgIpc) is 2.81. The van der Waals surface area contributed by atoms with E-state index in [1.165, 1.54) is 12.1 Å². The number of rotatable bonds is 8. The summed E-state index contributed by atoms with van der Waals surface area (Å²) in [4.78, 5) is 4.35. The first-order valence-electron chi connectivity index (χ1n) is 10.1. The Labute approximate surface area is 186 Å². The SMILES string of the molecule is Cc1nc([C@H](Nc2ccccc2)P(=O)(Oc2ccccc2)Oc2ccccc2)ccc1F. The molecule has 0 fully saturated rings. The van der Waals surface area contributed by atoms with Gasteiger partial charge in [0.1, 0.15) is 17.3 Å². The molecule has 0 saturated carbocycles. The summed E-state index contributed by atoms with van der Waals surface area (Å²) in [5, 5.41) is 3.23. The summed E-state index contributed by atoms with van der Waals surface area (Å²) in [5.74, 6) is -0.699. The van der Waals surface area contributed by atoms with Crippen molar-refractivity contribution in [3.8, 4) is 11.5 Å². The van der Waals surface area contributed by atoms with E-state index < -0.39 is 19.2 Å². The van der Waals surface area contributed by atoms with Crippen LogP contribution in [-0.4, -0.2) is 4.98 Å². The highest BCUT2D eigenvalue weighted by Crippen LogP contribution is 2.59. The zero-order valence-corrected chi connectivity index (χ0v) is 18.3. The van der Waals surface area contributed by atoms with Gasteiger partial charge in [0.25, 0.3) is 0 Å². The van der Waals surface area contributed by atoms with Gasteiger partial charge in [0.05, 0.1) is 11.4 Å². The second-order valence-electron chi connectivity index (χ2n) is 7.06. The fourth-order valence-electron chi connectivity index (χ4n) is 3.10. The smallest absolute Gasteiger partial charge is 0.414 e. The number of hydrogen-bond acceptors (Lipinski definition) is 5. The number of anilines is 1. The maximum Gasteiger partial charge on any atom is 0.459 e. The second kappa shape index (κ2) is 9.67. The zero-order valence-electron chi connectivity index (χ0n) is 17.4. The normalized spacial score (nSPS) is 12.1. The van der Waals surface area contributed by atoms with Gasteiger partial charge in [-0.1, -0.05) is 54.6 Å². The van der Waals surface area contributed by atoms with E-state index in [0.29, 0.717) is 22.9 Å². The molecule has 1 N–H and O–H groups in total. The van der Waals surface area contributed by atoms with E-state index in [-0.39, 0.29) is 5.69 Å². The summed E-state index contributed by atoms with van der Waals surface area (Å²) in [5.41, 5.74) is 1.21. The van der Waals surface area contributed by atoms with Crippen molar-refractivity contribution in [3.63, 3.8) is 0 Å². The van der Waals surface area contributed by atoms with Crippen LogP contribution in [0.5, 0.6) is 11.5 Å². The Morgan fingerprint density at radius 2 is 1.28 bits per heavy atom. The molecule has 0 spiro atoms. The first-order chi connectivity index (χ1) is 15.5. The number of pyridine rings is 1. The third kappa shape index (κ3) is 5.16. The molecule has 0 unspecified atom stereocenters. The van der Waals surface area contributed by atoms with Gasteiger partial charge in [0.15, 0.2) is 5.78 Å². The Hall–Kier alpha value is -3.63. The van der Waals surface area contributed by atoms with E-state index in [1.807, 2.05) is 42.5 Å². The van der Waals surface area contributed by atoms with E-state index in [1.54, 1.807) is 55.5 Å². The molecule has 4 rings (SSSR count). The van der Waals surface area contributed by atoms with Gasteiger partial charge < -0.3 is 14.4 Å². The van der Waals surface area contributed by atoms with E-state index in [0.717, 1.165) is 0 Å². The summed E-state index contributed by atoms with van der Waals surface area (Å²) in [7, 11) is -3.99. The Morgan fingerprint density at radius 3 is 1.78 bits per heavy atom. The summed E-state index contributed by atoms with van der Waals surface area (Å²) in [6, 6.07) is 29.6. The van der Waals surface area contributed by atoms with E-state index in [9.17, 15) is 8.96 Å². The molecule has 1 heterocycles. The van der Waals surface area contributed by atoms with Gasteiger partial charge >= 0.3 is 7.60 Å². The van der Waals surface area contributed by atoms with E-state index in [4.69, 9.17) is 9.05 Å². The molecule has 0 radical (unpaired) electrons. The predicted octanol–water partition coefficient (Wildman–Crippen LogP) is 6.99. The topological polar surface area (TPSA) is 60.5 Å². The number of aromatic nitrogens is 1. The lowest BCUT2D eigenvalue weighted by Crippen LogP contribution is -2.19. The van der Waals surface area contributed by atoms with Crippen molar-refractivity contribution in [1.82, 2.24) is 4.98 Å². The first-order valence-corrected chi connectivity index (χ1v) is 11.7. The van der Waals surface area contributed by atoms with Crippen LogP contribution in [0.15, 0.2) is 103 Å². The predicted molar refractivity (Wildman–Crippen MR) is 123 cm³/mol. The van der Waals surface area contributed by atoms with E-state index in [2.05, 4.69) is 10.3 Å². The minimum absolute atomic E-state index is 0.188. The van der Waals surface area contributed by atoms with Gasteiger partial charge in [-0.15, -0.1) is 0 Å². The van der Waals surface area contributed by atoms with Crippen molar-refractivity contribution in [2.45, 2.75) is 12.7 Å². The molecule has 0 aliphatic carbocycles. The van der Waals surface area contributed by atoms with Crippen molar-refractivity contribution < 1.29 is 18.0 Å². The minimum Gasteiger partial charge on any atom is -0.414 e. The minimum atomic E-state index is -3.99. The van der Waals surface area contributed by atoms with Crippen molar-refractivity contribution in [2.75, 3.05) is 5.32 Å². The van der Waals surface area contributed by atoms with Gasteiger partial charge in [-0.05, 0) is 55.5 Å². The molecule has 162 valence electrons. The average molecular weight is 448 g/mol. The van der Waals surface area contributed by atoms with Crippen molar-refractivity contribution >= 4 is 13.3 Å². The van der Waals surface area contributed by atoms with Gasteiger partial charge in [-0.3, -0.25) is 4.98 Å².